The minimum Gasteiger partial charge on any atom is -0.497 e. The van der Waals surface area contributed by atoms with E-state index in [1.165, 1.54) is 44.4 Å². The van der Waals surface area contributed by atoms with Crippen molar-refractivity contribution < 1.29 is 31.9 Å². The average Bonchev–Trinajstić information content (AvgIpc) is 2.86. The molecular weight excluding hydrogens is 474 g/mol. The molecule has 0 saturated carbocycles. The van der Waals surface area contributed by atoms with Gasteiger partial charge in [-0.2, -0.15) is 4.31 Å². The van der Waals surface area contributed by atoms with Gasteiger partial charge in [0.2, 0.25) is 10.0 Å². The Morgan fingerprint density at radius 2 is 1.83 bits per heavy atom. The van der Waals surface area contributed by atoms with Crippen LogP contribution < -0.4 is 10.4 Å². The van der Waals surface area contributed by atoms with Crippen molar-refractivity contribution in [3.8, 4) is 5.75 Å². The van der Waals surface area contributed by atoms with E-state index >= 15 is 0 Å². The molecular formula is C25H25NO8S. The van der Waals surface area contributed by atoms with E-state index in [-0.39, 0.29) is 23.8 Å². The van der Waals surface area contributed by atoms with Crippen molar-refractivity contribution >= 4 is 32.7 Å². The minimum absolute atomic E-state index is 0.00260. The molecule has 9 nitrogen and oxygen atoms in total. The predicted molar refractivity (Wildman–Crippen MR) is 127 cm³/mol. The molecule has 0 radical (unpaired) electrons. The van der Waals surface area contributed by atoms with E-state index in [9.17, 15) is 22.8 Å². The second-order valence-corrected chi connectivity index (χ2v) is 10.2. The smallest absolute Gasteiger partial charge is 0.336 e. The van der Waals surface area contributed by atoms with Crippen LogP contribution in [0.15, 0.2) is 62.6 Å². The number of fused-ring (bicyclic) bond motifs is 1. The molecule has 1 aliphatic rings. The number of Topliss-reactive ketones (excluding diaryl/α,β-unsaturated/α-hetero) is 1. The van der Waals surface area contributed by atoms with Crippen LogP contribution in [0.3, 0.4) is 0 Å². The van der Waals surface area contributed by atoms with Gasteiger partial charge in [-0.3, -0.25) is 9.59 Å². The van der Waals surface area contributed by atoms with Crippen LogP contribution in [0.25, 0.3) is 11.0 Å². The van der Waals surface area contributed by atoms with E-state index in [4.69, 9.17) is 13.9 Å². The molecule has 4 rings (SSSR count). The molecule has 184 valence electrons. The lowest BCUT2D eigenvalue weighted by Crippen LogP contribution is -2.48. The number of sulfonamides is 1. The zero-order valence-corrected chi connectivity index (χ0v) is 20.2. The second kappa shape index (κ2) is 10.0. The summed E-state index contributed by atoms with van der Waals surface area (Å²) in [5.41, 5.74) is 0.527. The van der Waals surface area contributed by atoms with E-state index in [0.717, 1.165) is 4.31 Å². The number of piperidine rings is 1. The molecule has 35 heavy (non-hydrogen) atoms. The number of hydrogen-bond acceptors (Lipinski definition) is 8. The molecule has 0 N–H and O–H groups in total. The molecule has 1 saturated heterocycles. The Balaban J connectivity index is 1.55. The van der Waals surface area contributed by atoms with E-state index < -0.39 is 27.7 Å². The zero-order valence-electron chi connectivity index (χ0n) is 19.4. The fraction of sp³-hybridized carbons (Fsp3) is 0.320. The Labute approximate surface area is 202 Å². The molecule has 0 aliphatic carbocycles. The highest BCUT2D eigenvalue weighted by atomic mass is 32.2. The van der Waals surface area contributed by atoms with E-state index in [2.05, 4.69) is 0 Å². The molecule has 0 bridgehead atoms. The topological polar surface area (TPSA) is 120 Å². The van der Waals surface area contributed by atoms with E-state index in [1.807, 2.05) is 0 Å². The lowest BCUT2D eigenvalue weighted by atomic mass is 10.1. The normalized spacial score (nSPS) is 16.7. The van der Waals surface area contributed by atoms with Crippen molar-refractivity contribution in [2.24, 2.45) is 0 Å². The Bertz CT molecular complexity index is 1430. The van der Waals surface area contributed by atoms with Crippen LogP contribution >= 0.6 is 0 Å². The number of benzene rings is 2. The van der Waals surface area contributed by atoms with Gasteiger partial charge in [-0.05, 0) is 50.5 Å². The predicted octanol–water partition coefficient (Wildman–Crippen LogP) is 3.29. The number of carbonyl (C=O) groups excluding carboxylic acids is 2. The van der Waals surface area contributed by atoms with Crippen molar-refractivity contribution in [1.29, 1.82) is 0 Å². The lowest BCUT2D eigenvalue weighted by molar-refractivity contribution is -0.150. The van der Waals surface area contributed by atoms with Gasteiger partial charge < -0.3 is 13.9 Å². The highest BCUT2D eigenvalue weighted by Crippen LogP contribution is 2.28. The first-order valence-electron chi connectivity index (χ1n) is 11.1. The SMILES string of the molecule is COc1ccc2c(COC(=O)C3CCCCN3S(=O)(=O)c3ccc(C(C)=O)cc3)cc(=O)oc2c1. The van der Waals surface area contributed by atoms with Gasteiger partial charge in [0.05, 0.1) is 12.0 Å². The van der Waals surface area contributed by atoms with Gasteiger partial charge >= 0.3 is 11.6 Å². The van der Waals surface area contributed by atoms with Gasteiger partial charge in [0.1, 0.15) is 24.0 Å². The van der Waals surface area contributed by atoms with Gasteiger partial charge in [0.25, 0.3) is 0 Å². The number of ketones is 1. The number of rotatable bonds is 7. The highest BCUT2D eigenvalue weighted by molar-refractivity contribution is 7.89. The Morgan fingerprint density at radius 3 is 2.51 bits per heavy atom. The first-order chi connectivity index (χ1) is 16.7. The fourth-order valence-corrected chi connectivity index (χ4v) is 5.77. The molecule has 10 heteroatoms. The van der Waals surface area contributed by atoms with Crippen LogP contribution in [0, 0.1) is 0 Å². The van der Waals surface area contributed by atoms with Gasteiger partial charge in [0, 0.05) is 35.2 Å². The lowest BCUT2D eigenvalue weighted by Gasteiger charge is -2.33. The first kappa shape index (κ1) is 24.6. The molecule has 1 aliphatic heterocycles. The maximum absolute atomic E-state index is 13.3. The maximum atomic E-state index is 13.3. The third-order valence-corrected chi connectivity index (χ3v) is 7.92. The van der Waals surface area contributed by atoms with Crippen molar-refractivity contribution in [2.45, 2.75) is 43.7 Å². The summed E-state index contributed by atoms with van der Waals surface area (Å²) >= 11 is 0. The summed E-state index contributed by atoms with van der Waals surface area (Å²) in [6.45, 7) is 1.36. The van der Waals surface area contributed by atoms with Gasteiger partial charge in [-0.25, -0.2) is 13.2 Å². The van der Waals surface area contributed by atoms with Crippen LogP contribution in [-0.4, -0.2) is 44.2 Å². The zero-order chi connectivity index (χ0) is 25.2. The van der Waals surface area contributed by atoms with E-state index in [1.54, 1.807) is 18.2 Å². The standard InChI is InChI=1S/C25H25NO8S/c1-16(27)17-6-9-20(10-7-17)35(30,31)26-12-4-3-5-22(26)25(29)33-15-18-13-24(28)34-23-14-19(32-2)8-11-21(18)23/h6-11,13-14,22H,3-5,12,15H2,1-2H3. The summed E-state index contributed by atoms with van der Waals surface area (Å²) in [6, 6.07) is 10.8. The number of carbonyl (C=O) groups is 2. The first-order valence-corrected chi connectivity index (χ1v) is 12.5. The van der Waals surface area contributed by atoms with Crippen molar-refractivity contribution in [2.75, 3.05) is 13.7 Å². The monoisotopic (exact) mass is 499 g/mol. The van der Waals surface area contributed by atoms with Crippen molar-refractivity contribution in [3.63, 3.8) is 0 Å². The van der Waals surface area contributed by atoms with Crippen LogP contribution in [0.1, 0.15) is 42.1 Å². The number of hydrogen-bond donors (Lipinski definition) is 0. The molecule has 0 amide bonds. The van der Waals surface area contributed by atoms with Crippen molar-refractivity contribution in [1.82, 2.24) is 4.31 Å². The van der Waals surface area contributed by atoms with Crippen LogP contribution in [-0.2, 0) is 26.2 Å². The molecule has 3 aromatic rings. The molecule has 1 atom stereocenters. The van der Waals surface area contributed by atoms with E-state index in [0.29, 0.717) is 47.1 Å². The van der Waals surface area contributed by atoms with Crippen LogP contribution in [0.2, 0.25) is 0 Å². The molecule has 1 unspecified atom stereocenters. The van der Waals surface area contributed by atoms with Gasteiger partial charge in [-0.1, -0.05) is 12.1 Å². The number of ether oxygens (including phenoxy) is 2. The third kappa shape index (κ3) is 5.13. The summed E-state index contributed by atoms with van der Waals surface area (Å²) in [4.78, 5) is 36.6. The average molecular weight is 500 g/mol. The molecule has 1 aromatic heterocycles. The summed E-state index contributed by atoms with van der Waals surface area (Å²) in [5, 5.41) is 0.580. The summed E-state index contributed by atoms with van der Waals surface area (Å²) < 4.78 is 43.6. The van der Waals surface area contributed by atoms with Gasteiger partial charge in [-0.15, -0.1) is 0 Å². The maximum Gasteiger partial charge on any atom is 0.336 e. The largest absolute Gasteiger partial charge is 0.497 e. The summed E-state index contributed by atoms with van der Waals surface area (Å²) in [5.74, 6) is -0.355. The fourth-order valence-electron chi connectivity index (χ4n) is 4.13. The third-order valence-electron chi connectivity index (χ3n) is 6.00. The van der Waals surface area contributed by atoms with Crippen molar-refractivity contribution in [3.05, 3.63) is 70.1 Å². The second-order valence-electron chi connectivity index (χ2n) is 8.27. The Morgan fingerprint density at radius 1 is 1.09 bits per heavy atom. The summed E-state index contributed by atoms with van der Waals surface area (Å²) in [6.07, 6.45) is 1.60. The summed E-state index contributed by atoms with van der Waals surface area (Å²) in [7, 11) is -2.50. The molecule has 2 aromatic carbocycles. The number of methoxy groups -OCH3 is 1. The molecule has 1 fully saturated rings. The van der Waals surface area contributed by atoms with Crippen LogP contribution in [0.5, 0.6) is 5.75 Å². The molecule has 0 spiro atoms. The minimum atomic E-state index is -3.99. The van der Waals surface area contributed by atoms with Gasteiger partial charge in [0.15, 0.2) is 5.78 Å². The highest BCUT2D eigenvalue weighted by Gasteiger charge is 2.38. The molecule has 2 heterocycles. The quantitative estimate of drug-likeness (QED) is 0.276. The Kier molecular flexibility index (Phi) is 7.04. The van der Waals surface area contributed by atoms with Crippen LogP contribution in [0.4, 0.5) is 0 Å². The number of nitrogens with zero attached hydrogens (tertiary/aromatic N) is 1. The Hall–Kier alpha value is -3.50. The number of esters is 1.